The average molecular weight is 353 g/mol. The molecule has 10 heteroatoms. The van der Waals surface area contributed by atoms with Crippen LogP contribution in [0.5, 0.6) is 0 Å². The van der Waals surface area contributed by atoms with Crippen LogP contribution in [0.1, 0.15) is 37.1 Å². The third-order valence-corrected chi connectivity index (χ3v) is 6.38. The van der Waals surface area contributed by atoms with Gasteiger partial charge in [0.25, 0.3) is 15.9 Å². The van der Waals surface area contributed by atoms with Crippen LogP contribution in [0.2, 0.25) is 0 Å². The van der Waals surface area contributed by atoms with Gasteiger partial charge in [0, 0.05) is 19.8 Å². The van der Waals surface area contributed by atoms with E-state index in [-0.39, 0.29) is 23.3 Å². The largest absolute Gasteiger partial charge is 0.363 e. The molecule has 0 aromatic carbocycles. The van der Waals surface area contributed by atoms with E-state index in [1.165, 1.54) is 16.8 Å². The first-order chi connectivity index (χ1) is 11.4. The van der Waals surface area contributed by atoms with E-state index < -0.39 is 10.0 Å². The zero-order valence-electron chi connectivity index (χ0n) is 13.5. The molecule has 0 N–H and O–H groups in total. The van der Waals surface area contributed by atoms with Crippen molar-refractivity contribution in [3.05, 3.63) is 24.2 Å². The fourth-order valence-electron chi connectivity index (χ4n) is 3.45. The number of aryl methyl sites for hydroxylation is 2. The van der Waals surface area contributed by atoms with Gasteiger partial charge in [-0.05, 0) is 26.2 Å². The summed E-state index contributed by atoms with van der Waals surface area (Å²) in [6.07, 6.45) is 4.60. The van der Waals surface area contributed by atoms with Gasteiger partial charge in [-0.1, -0.05) is 5.16 Å². The van der Waals surface area contributed by atoms with E-state index in [0.717, 1.165) is 0 Å². The summed E-state index contributed by atoms with van der Waals surface area (Å²) < 4.78 is 40.0. The normalized spacial score (nSPS) is 28.2. The Morgan fingerprint density at radius 2 is 2.12 bits per heavy atom. The monoisotopic (exact) mass is 353 g/mol. The summed E-state index contributed by atoms with van der Waals surface area (Å²) in [4.78, 5) is 8.21. The molecule has 3 atom stereocenters. The molecule has 0 bridgehead atoms. The molecule has 2 saturated heterocycles. The lowest BCUT2D eigenvalue weighted by atomic mass is 10.00. The lowest BCUT2D eigenvalue weighted by Gasteiger charge is -2.33. The standard InChI is InChI=1S/C14H19N5O4S/c1-9-16-14(23-17-9)12-4-3-10-11(22-12)5-6-19(10)24(20,21)13-7-18(2)8-15-13/h7-8,10-12H,3-6H2,1-2H3/t10-,11-,12+/m0/s1. The number of sulfonamides is 1. The van der Waals surface area contributed by atoms with Crippen LogP contribution in [-0.2, 0) is 21.8 Å². The third kappa shape index (κ3) is 2.54. The van der Waals surface area contributed by atoms with Crippen LogP contribution in [0, 0.1) is 6.92 Å². The molecule has 0 amide bonds. The number of rotatable bonds is 3. The van der Waals surface area contributed by atoms with Crippen molar-refractivity contribution in [2.45, 2.75) is 49.5 Å². The summed E-state index contributed by atoms with van der Waals surface area (Å²) in [5.41, 5.74) is 0. The van der Waals surface area contributed by atoms with E-state index in [0.29, 0.717) is 37.5 Å². The molecule has 0 aliphatic carbocycles. The number of aromatic nitrogens is 4. The minimum atomic E-state index is -3.60. The first-order valence-electron chi connectivity index (χ1n) is 7.90. The Labute approximate surface area is 139 Å². The molecule has 130 valence electrons. The minimum Gasteiger partial charge on any atom is -0.363 e. The highest BCUT2D eigenvalue weighted by molar-refractivity contribution is 7.89. The van der Waals surface area contributed by atoms with Gasteiger partial charge in [0.2, 0.25) is 0 Å². The SMILES string of the molecule is Cc1noc([C@H]2CC[C@H]3[C@H](CCN3S(=O)(=O)c3cn(C)cn3)O2)n1. The van der Waals surface area contributed by atoms with Gasteiger partial charge >= 0.3 is 0 Å². The van der Waals surface area contributed by atoms with Crippen molar-refractivity contribution in [3.63, 3.8) is 0 Å². The van der Waals surface area contributed by atoms with Crippen molar-refractivity contribution < 1.29 is 17.7 Å². The van der Waals surface area contributed by atoms with E-state index in [4.69, 9.17) is 9.26 Å². The first-order valence-corrected chi connectivity index (χ1v) is 9.34. The van der Waals surface area contributed by atoms with Crippen molar-refractivity contribution >= 4 is 10.0 Å². The zero-order valence-corrected chi connectivity index (χ0v) is 14.3. The van der Waals surface area contributed by atoms with Crippen LogP contribution < -0.4 is 0 Å². The minimum absolute atomic E-state index is 0.0836. The van der Waals surface area contributed by atoms with Crippen LogP contribution in [0.3, 0.4) is 0 Å². The van der Waals surface area contributed by atoms with E-state index in [2.05, 4.69) is 15.1 Å². The Kier molecular flexibility index (Phi) is 3.70. The van der Waals surface area contributed by atoms with E-state index in [1.807, 2.05) is 0 Å². The number of hydrogen-bond donors (Lipinski definition) is 0. The number of fused-ring (bicyclic) bond motifs is 1. The smallest absolute Gasteiger partial charge is 0.262 e. The fourth-order valence-corrected chi connectivity index (χ4v) is 5.12. The molecule has 2 aromatic rings. The predicted molar refractivity (Wildman–Crippen MR) is 81.4 cm³/mol. The molecule has 2 fully saturated rings. The molecule has 0 spiro atoms. The topological polar surface area (TPSA) is 103 Å². The maximum absolute atomic E-state index is 12.8. The summed E-state index contributed by atoms with van der Waals surface area (Å²) in [6, 6.07) is -0.169. The van der Waals surface area contributed by atoms with Crippen molar-refractivity contribution in [1.29, 1.82) is 0 Å². The molecule has 2 aliphatic rings. The third-order valence-electron chi connectivity index (χ3n) is 4.57. The number of ether oxygens (including phenoxy) is 1. The number of hydrogen-bond acceptors (Lipinski definition) is 7. The van der Waals surface area contributed by atoms with Gasteiger partial charge in [-0.25, -0.2) is 13.4 Å². The summed E-state index contributed by atoms with van der Waals surface area (Å²) in [5.74, 6) is 1.04. The second-order valence-corrected chi connectivity index (χ2v) is 8.11. The van der Waals surface area contributed by atoms with Gasteiger partial charge in [0.05, 0.1) is 18.5 Å². The second-order valence-electron chi connectivity index (χ2n) is 6.27. The first kappa shape index (κ1) is 15.7. The molecule has 24 heavy (non-hydrogen) atoms. The lowest BCUT2D eigenvalue weighted by Crippen LogP contribution is -2.43. The molecule has 0 radical (unpaired) electrons. The van der Waals surface area contributed by atoms with Gasteiger partial charge in [0.1, 0.15) is 6.10 Å². The molecule has 0 saturated carbocycles. The second kappa shape index (κ2) is 5.64. The summed E-state index contributed by atoms with van der Waals surface area (Å²) in [5, 5.41) is 3.87. The molecule has 9 nitrogen and oxygen atoms in total. The van der Waals surface area contributed by atoms with Gasteiger partial charge in [-0.15, -0.1) is 0 Å². The summed E-state index contributed by atoms with van der Waals surface area (Å²) >= 11 is 0. The highest BCUT2D eigenvalue weighted by Gasteiger charge is 2.47. The van der Waals surface area contributed by atoms with E-state index in [1.54, 1.807) is 18.5 Å². The van der Waals surface area contributed by atoms with E-state index in [9.17, 15) is 8.42 Å². The summed E-state index contributed by atoms with van der Waals surface area (Å²) in [7, 11) is -1.85. The van der Waals surface area contributed by atoms with Gasteiger partial charge < -0.3 is 13.8 Å². The van der Waals surface area contributed by atoms with Gasteiger partial charge in [0.15, 0.2) is 10.9 Å². The molecular weight excluding hydrogens is 334 g/mol. The van der Waals surface area contributed by atoms with Gasteiger partial charge in [-0.2, -0.15) is 9.29 Å². The number of imidazole rings is 1. The fraction of sp³-hybridized carbons (Fsp3) is 0.643. The van der Waals surface area contributed by atoms with Crippen LogP contribution in [0.15, 0.2) is 22.1 Å². The Hall–Kier alpha value is -1.78. The number of nitrogens with zero attached hydrogens (tertiary/aromatic N) is 5. The van der Waals surface area contributed by atoms with Crippen molar-refractivity contribution in [2.24, 2.45) is 7.05 Å². The molecular formula is C14H19N5O4S. The highest BCUT2D eigenvalue weighted by Crippen LogP contribution is 2.39. The lowest BCUT2D eigenvalue weighted by molar-refractivity contribution is -0.0753. The van der Waals surface area contributed by atoms with Crippen LogP contribution in [0.4, 0.5) is 0 Å². The maximum Gasteiger partial charge on any atom is 0.262 e. The van der Waals surface area contributed by atoms with Crippen molar-refractivity contribution in [1.82, 2.24) is 24.0 Å². The van der Waals surface area contributed by atoms with E-state index >= 15 is 0 Å². The maximum atomic E-state index is 12.8. The molecule has 4 rings (SSSR count). The Morgan fingerprint density at radius 1 is 1.29 bits per heavy atom. The Balaban J connectivity index is 1.53. The molecule has 4 heterocycles. The highest BCUT2D eigenvalue weighted by atomic mass is 32.2. The Bertz CT molecular complexity index is 845. The summed E-state index contributed by atoms with van der Waals surface area (Å²) in [6.45, 7) is 2.19. The Morgan fingerprint density at radius 3 is 2.79 bits per heavy atom. The zero-order chi connectivity index (χ0) is 16.9. The average Bonchev–Trinajstić information content (AvgIpc) is 3.25. The quantitative estimate of drug-likeness (QED) is 0.804. The van der Waals surface area contributed by atoms with Crippen molar-refractivity contribution in [3.8, 4) is 0 Å². The molecule has 2 aliphatic heterocycles. The van der Waals surface area contributed by atoms with Crippen LogP contribution in [-0.4, -0.2) is 51.1 Å². The van der Waals surface area contributed by atoms with Crippen LogP contribution in [0.25, 0.3) is 0 Å². The molecule has 2 aromatic heterocycles. The van der Waals surface area contributed by atoms with Gasteiger partial charge in [-0.3, -0.25) is 0 Å². The van der Waals surface area contributed by atoms with Crippen LogP contribution >= 0.6 is 0 Å². The predicted octanol–water partition coefficient (Wildman–Crippen LogP) is 0.795. The van der Waals surface area contributed by atoms with Crippen molar-refractivity contribution in [2.75, 3.05) is 6.54 Å². The molecule has 0 unspecified atom stereocenters.